The van der Waals surface area contributed by atoms with Crippen molar-refractivity contribution in [3.8, 4) is 0 Å². The molecule has 0 aliphatic heterocycles. The van der Waals surface area contributed by atoms with Crippen molar-refractivity contribution in [2.75, 3.05) is 7.11 Å². The van der Waals surface area contributed by atoms with Crippen LogP contribution in [0.4, 0.5) is 4.39 Å². The monoisotopic (exact) mass is 274 g/mol. The van der Waals surface area contributed by atoms with Crippen LogP contribution in [0.3, 0.4) is 0 Å². The summed E-state index contributed by atoms with van der Waals surface area (Å²) in [5.41, 5.74) is 0.519. The van der Waals surface area contributed by atoms with Crippen molar-refractivity contribution < 1.29 is 23.1 Å². The molecule has 0 saturated carbocycles. The summed E-state index contributed by atoms with van der Waals surface area (Å²) in [6, 6.07) is 9.36. The van der Waals surface area contributed by atoms with Crippen molar-refractivity contribution in [1.29, 1.82) is 0 Å². The molecule has 0 fully saturated rings. The van der Waals surface area contributed by atoms with E-state index in [1.807, 2.05) is 0 Å². The van der Waals surface area contributed by atoms with E-state index in [0.29, 0.717) is 0 Å². The molecule has 1 aromatic carbocycles. The van der Waals surface area contributed by atoms with Crippen LogP contribution in [0.25, 0.3) is 6.08 Å². The van der Waals surface area contributed by atoms with E-state index >= 15 is 0 Å². The van der Waals surface area contributed by atoms with E-state index in [0.717, 1.165) is 6.08 Å². The fourth-order valence-electron chi connectivity index (χ4n) is 1.57. The molecule has 5 heteroatoms. The first-order chi connectivity index (χ1) is 9.61. The number of carbonyl (C=O) groups excluding carboxylic acids is 2. The molecule has 0 bridgehead atoms. The second-order valence-corrected chi connectivity index (χ2v) is 3.92. The number of ether oxygens (including phenoxy) is 1. The highest BCUT2D eigenvalue weighted by molar-refractivity contribution is 6.09. The van der Waals surface area contributed by atoms with E-state index in [-0.39, 0.29) is 16.9 Å². The van der Waals surface area contributed by atoms with Crippen LogP contribution in [-0.2, 0) is 4.74 Å². The van der Waals surface area contributed by atoms with E-state index in [9.17, 15) is 14.0 Å². The number of halogens is 1. The lowest BCUT2D eigenvalue weighted by atomic mass is 10.1. The van der Waals surface area contributed by atoms with E-state index in [1.165, 1.54) is 31.6 Å². The smallest absolute Gasteiger partial charge is 0.373 e. The van der Waals surface area contributed by atoms with Crippen molar-refractivity contribution in [2.24, 2.45) is 0 Å². The summed E-state index contributed by atoms with van der Waals surface area (Å²) < 4.78 is 23.2. The average molecular weight is 274 g/mol. The molecule has 0 radical (unpaired) electrons. The quantitative estimate of drug-likeness (QED) is 0.488. The number of ketones is 1. The van der Waals surface area contributed by atoms with Crippen LogP contribution in [0.2, 0.25) is 0 Å². The third kappa shape index (κ3) is 3.00. The van der Waals surface area contributed by atoms with Crippen LogP contribution < -0.4 is 0 Å². The van der Waals surface area contributed by atoms with Crippen LogP contribution in [-0.4, -0.2) is 18.9 Å². The zero-order chi connectivity index (χ0) is 14.5. The number of carbonyl (C=O) groups is 2. The molecular weight excluding hydrogens is 263 g/mol. The van der Waals surface area contributed by atoms with Gasteiger partial charge in [0.1, 0.15) is 0 Å². The van der Waals surface area contributed by atoms with Crippen molar-refractivity contribution in [1.82, 2.24) is 0 Å². The minimum absolute atomic E-state index is 0.0567. The number of benzene rings is 1. The van der Waals surface area contributed by atoms with Crippen molar-refractivity contribution in [3.63, 3.8) is 0 Å². The van der Waals surface area contributed by atoms with E-state index in [1.54, 1.807) is 18.2 Å². The lowest BCUT2D eigenvalue weighted by Gasteiger charge is -1.96. The Balaban J connectivity index is 2.20. The Morgan fingerprint density at radius 1 is 1.25 bits per heavy atom. The standard InChI is InChI=1S/C15H11FO4/c1-19-15(18)13-8-10(9-20-13)7-12(16)14(17)11-5-3-2-4-6-11/h2-9H,1H3/b12-7-. The summed E-state index contributed by atoms with van der Waals surface area (Å²) in [6.07, 6.45) is 2.18. The fraction of sp³-hybridized carbons (Fsp3) is 0.0667. The zero-order valence-electron chi connectivity index (χ0n) is 10.6. The summed E-state index contributed by atoms with van der Waals surface area (Å²) in [5.74, 6) is -2.39. The highest BCUT2D eigenvalue weighted by Gasteiger charge is 2.14. The number of Topliss-reactive ketones (excluding diaryl/α,β-unsaturated/α-hetero) is 1. The first-order valence-electron chi connectivity index (χ1n) is 5.75. The number of rotatable bonds is 4. The Bertz CT molecular complexity index is 656. The van der Waals surface area contributed by atoms with Gasteiger partial charge in [0, 0.05) is 11.1 Å². The summed E-state index contributed by atoms with van der Waals surface area (Å²) in [6.45, 7) is 0. The van der Waals surface area contributed by atoms with Gasteiger partial charge in [-0.1, -0.05) is 30.3 Å². The van der Waals surface area contributed by atoms with Gasteiger partial charge >= 0.3 is 5.97 Å². The normalized spacial score (nSPS) is 11.2. The maximum absolute atomic E-state index is 13.8. The summed E-state index contributed by atoms with van der Waals surface area (Å²) in [4.78, 5) is 23.0. The molecule has 102 valence electrons. The molecule has 20 heavy (non-hydrogen) atoms. The van der Waals surface area contributed by atoms with Gasteiger partial charge in [0.2, 0.25) is 11.5 Å². The molecule has 0 aliphatic carbocycles. The molecule has 0 aliphatic rings. The van der Waals surface area contributed by atoms with Crippen molar-refractivity contribution in [3.05, 3.63) is 65.4 Å². The number of furan rings is 1. The first-order valence-corrected chi connectivity index (χ1v) is 5.75. The van der Waals surface area contributed by atoms with E-state index < -0.39 is 17.6 Å². The molecule has 1 aromatic heterocycles. The van der Waals surface area contributed by atoms with Gasteiger partial charge in [0.05, 0.1) is 13.4 Å². The predicted octanol–water partition coefficient (Wildman–Crippen LogP) is 3.26. The molecule has 4 nitrogen and oxygen atoms in total. The maximum atomic E-state index is 13.8. The number of allylic oxidation sites excluding steroid dienone is 1. The minimum Gasteiger partial charge on any atom is -0.463 e. The molecular formula is C15H11FO4. The second-order valence-electron chi connectivity index (χ2n) is 3.92. The van der Waals surface area contributed by atoms with Crippen LogP contribution in [0.1, 0.15) is 26.5 Å². The highest BCUT2D eigenvalue weighted by Crippen LogP contribution is 2.16. The van der Waals surface area contributed by atoms with Crippen LogP contribution in [0.15, 0.2) is 52.9 Å². The third-order valence-electron chi connectivity index (χ3n) is 2.55. The average Bonchev–Trinajstić information content (AvgIpc) is 2.95. The Morgan fingerprint density at radius 3 is 2.60 bits per heavy atom. The first kappa shape index (κ1) is 13.7. The van der Waals surface area contributed by atoms with Gasteiger partial charge in [-0.3, -0.25) is 4.79 Å². The molecule has 0 unspecified atom stereocenters. The summed E-state index contributed by atoms with van der Waals surface area (Å²) in [7, 11) is 1.21. The van der Waals surface area contributed by atoms with Crippen molar-refractivity contribution in [2.45, 2.75) is 0 Å². The molecule has 0 spiro atoms. The Morgan fingerprint density at radius 2 is 1.95 bits per heavy atom. The molecule has 2 aromatic rings. The SMILES string of the molecule is COC(=O)c1cc(/C=C(\F)C(=O)c2ccccc2)co1. The number of methoxy groups -OCH3 is 1. The molecule has 0 atom stereocenters. The number of esters is 1. The molecule has 1 heterocycles. The summed E-state index contributed by atoms with van der Waals surface area (Å²) in [5, 5.41) is 0. The van der Waals surface area contributed by atoms with Gasteiger partial charge in [-0.05, 0) is 12.1 Å². The van der Waals surface area contributed by atoms with Crippen LogP contribution >= 0.6 is 0 Å². The number of hydrogen-bond acceptors (Lipinski definition) is 4. The Labute approximate surface area is 114 Å². The number of hydrogen-bond donors (Lipinski definition) is 0. The van der Waals surface area contributed by atoms with Crippen molar-refractivity contribution >= 4 is 17.8 Å². The van der Waals surface area contributed by atoms with Gasteiger partial charge in [-0.25, -0.2) is 9.18 Å². The Hall–Kier alpha value is -2.69. The third-order valence-corrected chi connectivity index (χ3v) is 2.55. The Kier molecular flexibility index (Phi) is 4.10. The van der Waals surface area contributed by atoms with Gasteiger partial charge in [0.15, 0.2) is 5.83 Å². The van der Waals surface area contributed by atoms with Gasteiger partial charge in [-0.15, -0.1) is 0 Å². The summed E-state index contributed by atoms with van der Waals surface area (Å²) >= 11 is 0. The second kappa shape index (κ2) is 5.97. The topological polar surface area (TPSA) is 56.5 Å². The maximum Gasteiger partial charge on any atom is 0.373 e. The molecule has 2 rings (SSSR count). The molecule has 0 N–H and O–H groups in total. The predicted molar refractivity (Wildman–Crippen MR) is 69.9 cm³/mol. The van der Waals surface area contributed by atoms with Crippen LogP contribution in [0.5, 0.6) is 0 Å². The largest absolute Gasteiger partial charge is 0.463 e. The zero-order valence-corrected chi connectivity index (χ0v) is 10.6. The molecule has 0 saturated heterocycles. The molecule has 0 amide bonds. The van der Waals surface area contributed by atoms with Gasteiger partial charge < -0.3 is 9.15 Å². The van der Waals surface area contributed by atoms with Gasteiger partial charge in [-0.2, -0.15) is 0 Å². The lowest BCUT2D eigenvalue weighted by Crippen LogP contribution is -1.99. The fourth-order valence-corrected chi connectivity index (χ4v) is 1.57. The highest BCUT2D eigenvalue weighted by atomic mass is 19.1. The van der Waals surface area contributed by atoms with E-state index in [2.05, 4.69) is 4.74 Å². The van der Waals surface area contributed by atoms with E-state index in [4.69, 9.17) is 4.42 Å². The van der Waals surface area contributed by atoms with Gasteiger partial charge in [0.25, 0.3) is 0 Å². The van der Waals surface area contributed by atoms with Crippen LogP contribution in [0, 0.1) is 0 Å². The lowest BCUT2D eigenvalue weighted by molar-refractivity contribution is 0.0565. The minimum atomic E-state index is -0.937.